The highest BCUT2D eigenvalue weighted by molar-refractivity contribution is 5.81. The van der Waals surface area contributed by atoms with Crippen molar-refractivity contribution in [1.82, 2.24) is 10.2 Å². The Kier molecular flexibility index (Phi) is 8.07. The van der Waals surface area contributed by atoms with Crippen molar-refractivity contribution >= 4 is 5.91 Å². The first-order chi connectivity index (χ1) is 9.19. The van der Waals surface area contributed by atoms with Crippen LogP contribution in [0.25, 0.3) is 0 Å². The van der Waals surface area contributed by atoms with Crippen molar-refractivity contribution in [2.45, 2.75) is 65.0 Å². The molecule has 0 aliphatic carbocycles. The van der Waals surface area contributed by atoms with Crippen molar-refractivity contribution in [3.8, 4) is 0 Å². The van der Waals surface area contributed by atoms with Crippen molar-refractivity contribution in [1.29, 1.82) is 0 Å². The third-order valence-corrected chi connectivity index (χ3v) is 3.72. The number of hydrogen-bond acceptors (Lipinski definition) is 3. The number of ether oxygens (including phenoxy) is 1. The minimum Gasteiger partial charge on any atom is -0.378 e. The van der Waals surface area contributed by atoms with Gasteiger partial charge in [0.1, 0.15) is 0 Å². The zero-order chi connectivity index (χ0) is 14.1. The summed E-state index contributed by atoms with van der Waals surface area (Å²) in [6.07, 6.45) is 5.94. The summed E-state index contributed by atoms with van der Waals surface area (Å²) in [5.41, 5.74) is 0. The van der Waals surface area contributed by atoms with Gasteiger partial charge < -0.3 is 15.0 Å². The summed E-state index contributed by atoms with van der Waals surface area (Å²) in [7, 11) is 0. The van der Waals surface area contributed by atoms with Gasteiger partial charge in [-0.1, -0.05) is 33.1 Å². The first-order valence-corrected chi connectivity index (χ1v) is 7.81. The average Bonchev–Trinajstić information content (AvgIpc) is 2.45. The fourth-order valence-electron chi connectivity index (χ4n) is 2.59. The van der Waals surface area contributed by atoms with Crippen LogP contribution in [0.1, 0.15) is 52.9 Å². The minimum absolute atomic E-state index is 0.0773. The summed E-state index contributed by atoms with van der Waals surface area (Å²) in [6.45, 7) is 9.22. The number of unbranched alkanes of at least 4 members (excludes halogenated alkanes) is 1. The second-order valence-electron chi connectivity index (χ2n) is 5.45. The van der Waals surface area contributed by atoms with Gasteiger partial charge in [0.15, 0.2) is 0 Å². The maximum absolute atomic E-state index is 12.3. The van der Waals surface area contributed by atoms with E-state index in [0.29, 0.717) is 19.3 Å². The molecule has 112 valence electrons. The van der Waals surface area contributed by atoms with E-state index < -0.39 is 0 Å². The summed E-state index contributed by atoms with van der Waals surface area (Å²) in [5.74, 6) is 0.223. The lowest BCUT2D eigenvalue weighted by Gasteiger charge is -2.31. The number of morpholine rings is 1. The van der Waals surface area contributed by atoms with Crippen molar-refractivity contribution < 1.29 is 9.53 Å². The van der Waals surface area contributed by atoms with E-state index in [2.05, 4.69) is 19.2 Å². The molecule has 19 heavy (non-hydrogen) atoms. The monoisotopic (exact) mass is 270 g/mol. The molecule has 0 radical (unpaired) electrons. The van der Waals surface area contributed by atoms with Gasteiger partial charge in [-0.3, -0.25) is 4.79 Å². The van der Waals surface area contributed by atoms with E-state index in [-0.39, 0.29) is 11.9 Å². The van der Waals surface area contributed by atoms with Gasteiger partial charge in [0.25, 0.3) is 0 Å². The smallest absolute Gasteiger partial charge is 0.239 e. The predicted molar refractivity (Wildman–Crippen MR) is 78.2 cm³/mol. The second kappa shape index (κ2) is 9.32. The molecule has 2 atom stereocenters. The van der Waals surface area contributed by atoms with E-state index in [1.165, 1.54) is 25.7 Å². The third-order valence-electron chi connectivity index (χ3n) is 3.72. The van der Waals surface area contributed by atoms with Crippen LogP contribution in [0.4, 0.5) is 0 Å². The lowest BCUT2D eigenvalue weighted by atomic mass is 10.0. The zero-order valence-electron chi connectivity index (χ0n) is 12.8. The predicted octanol–water partition coefficient (Wildman–Crippen LogP) is 2.18. The average molecular weight is 270 g/mol. The van der Waals surface area contributed by atoms with E-state index in [9.17, 15) is 4.79 Å². The van der Waals surface area contributed by atoms with Crippen molar-refractivity contribution in [3.63, 3.8) is 0 Å². The number of hydrogen-bond donors (Lipinski definition) is 1. The van der Waals surface area contributed by atoms with Crippen LogP contribution in [0, 0.1) is 0 Å². The Morgan fingerprint density at radius 2 is 1.89 bits per heavy atom. The van der Waals surface area contributed by atoms with E-state index in [1.54, 1.807) is 0 Å². The highest BCUT2D eigenvalue weighted by Crippen LogP contribution is 2.09. The Balaban J connectivity index is 2.40. The highest BCUT2D eigenvalue weighted by atomic mass is 16.5. The molecule has 1 saturated heterocycles. The van der Waals surface area contributed by atoms with E-state index >= 15 is 0 Å². The molecular weight excluding hydrogens is 240 g/mol. The van der Waals surface area contributed by atoms with Gasteiger partial charge in [-0.05, 0) is 19.8 Å². The Hall–Kier alpha value is -0.610. The SMILES string of the molecule is CCCCC(CCC)NC(C)C(=O)N1CCOCC1. The van der Waals surface area contributed by atoms with Crippen LogP contribution in [0.3, 0.4) is 0 Å². The van der Waals surface area contributed by atoms with Crippen LogP contribution in [-0.4, -0.2) is 49.2 Å². The zero-order valence-corrected chi connectivity index (χ0v) is 12.8. The lowest BCUT2D eigenvalue weighted by Crippen LogP contribution is -2.51. The molecule has 0 spiro atoms. The van der Waals surface area contributed by atoms with Crippen LogP contribution in [-0.2, 0) is 9.53 Å². The van der Waals surface area contributed by atoms with E-state index in [4.69, 9.17) is 4.74 Å². The standard InChI is InChI=1S/C15H30N2O2/c1-4-6-8-14(7-5-2)16-13(3)15(18)17-9-11-19-12-10-17/h13-14,16H,4-12H2,1-3H3. The first kappa shape index (κ1) is 16.4. The molecule has 0 aromatic heterocycles. The number of carbonyl (C=O) groups excluding carboxylic acids is 1. The number of rotatable bonds is 8. The Labute approximate surface area is 117 Å². The molecule has 0 bridgehead atoms. The fraction of sp³-hybridized carbons (Fsp3) is 0.933. The normalized spacial score (nSPS) is 19.2. The molecule has 1 rings (SSSR count). The molecule has 0 saturated carbocycles. The van der Waals surface area contributed by atoms with Crippen LogP contribution >= 0.6 is 0 Å². The highest BCUT2D eigenvalue weighted by Gasteiger charge is 2.23. The second-order valence-corrected chi connectivity index (χ2v) is 5.45. The summed E-state index contributed by atoms with van der Waals surface area (Å²) >= 11 is 0. The van der Waals surface area contributed by atoms with E-state index in [1.807, 2.05) is 11.8 Å². The molecule has 1 fully saturated rings. The Morgan fingerprint density at radius 3 is 2.47 bits per heavy atom. The topological polar surface area (TPSA) is 41.6 Å². The largest absolute Gasteiger partial charge is 0.378 e. The van der Waals surface area contributed by atoms with Crippen molar-refractivity contribution in [2.24, 2.45) is 0 Å². The van der Waals surface area contributed by atoms with Gasteiger partial charge in [-0.2, -0.15) is 0 Å². The molecule has 4 nitrogen and oxygen atoms in total. The first-order valence-electron chi connectivity index (χ1n) is 7.81. The van der Waals surface area contributed by atoms with Gasteiger partial charge in [-0.15, -0.1) is 0 Å². The minimum atomic E-state index is -0.0773. The van der Waals surface area contributed by atoms with E-state index in [0.717, 1.165) is 19.5 Å². The molecule has 0 aromatic rings. The molecule has 1 amide bonds. The third kappa shape index (κ3) is 5.91. The maximum Gasteiger partial charge on any atom is 0.239 e. The van der Waals surface area contributed by atoms with Crippen LogP contribution in [0.2, 0.25) is 0 Å². The fourth-order valence-corrected chi connectivity index (χ4v) is 2.59. The van der Waals surface area contributed by atoms with Gasteiger partial charge in [-0.25, -0.2) is 0 Å². The van der Waals surface area contributed by atoms with Gasteiger partial charge in [0.2, 0.25) is 5.91 Å². The Morgan fingerprint density at radius 1 is 1.21 bits per heavy atom. The number of nitrogens with zero attached hydrogens (tertiary/aromatic N) is 1. The quantitative estimate of drug-likeness (QED) is 0.735. The molecular formula is C15H30N2O2. The summed E-state index contributed by atoms with van der Waals surface area (Å²) in [6, 6.07) is 0.399. The summed E-state index contributed by atoms with van der Waals surface area (Å²) < 4.78 is 5.29. The van der Waals surface area contributed by atoms with Crippen molar-refractivity contribution in [2.75, 3.05) is 26.3 Å². The summed E-state index contributed by atoms with van der Waals surface area (Å²) in [4.78, 5) is 14.2. The molecule has 1 aliphatic rings. The molecule has 0 aromatic carbocycles. The van der Waals surface area contributed by atoms with Crippen LogP contribution in [0.15, 0.2) is 0 Å². The van der Waals surface area contributed by atoms with Gasteiger partial charge >= 0.3 is 0 Å². The molecule has 1 aliphatic heterocycles. The van der Waals surface area contributed by atoms with Crippen LogP contribution < -0.4 is 5.32 Å². The Bertz CT molecular complexity index is 253. The van der Waals surface area contributed by atoms with Gasteiger partial charge in [0, 0.05) is 19.1 Å². The lowest BCUT2D eigenvalue weighted by molar-refractivity contribution is -0.137. The molecule has 1 N–H and O–H groups in total. The van der Waals surface area contributed by atoms with Gasteiger partial charge in [0.05, 0.1) is 19.3 Å². The molecule has 4 heteroatoms. The number of nitrogens with one attached hydrogen (secondary N) is 1. The van der Waals surface area contributed by atoms with Crippen LogP contribution in [0.5, 0.6) is 0 Å². The van der Waals surface area contributed by atoms with Crippen molar-refractivity contribution in [3.05, 3.63) is 0 Å². The number of carbonyl (C=O) groups is 1. The summed E-state index contributed by atoms with van der Waals surface area (Å²) in [5, 5.41) is 3.52. The number of amides is 1. The molecule has 1 heterocycles. The maximum atomic E-state index is 12.3. The molecule has 2 unspecified atom stereocenters.